The lowest BCUT2D eigenvalue weighted by atomic mass is 10.2. The van der Waals surface area contributed by atoms with E-state index >= 15 is 0 Å². The van der Waals surface area contributed by atoms with Crippen LogP contribution >= 0.6 is 15.9 Å². The van der Waals surface area contributed by atoms with E-state index in [4.69, 9.17) is 10.5 Å². The van der Waals surface area contributed by atoms with Crippen molar-refractivity contribution >= 4 is 21.6 Å². The monoisotopic (exact) mass is 323 g/mol. The Labute approximate surface area is 121 Å². The standard InChI is InChI=1S/C14H18BrN3O/c1-3-5-12-13(16)14(18(2)17-12)19-9-10-6-4-7-11(15)8-10/h4,6-8H,3,5,9,16H2,1-2H3. The summed E-state index contributed by atoms with van der Waals surface area (Å²) in [5.74, 6) is 0.642. The lowest BCUT2D eigenvalue weighted by molar-refractivity contribution is 0.280. The molecule has 1 aromatic heterocycles. The Balaban J connectivity index is 2.11. The number of benzene rings is 1. The van der Waals surface area contributed by atoms with Crippen molar-refractivity contribution in [3.8, 4) is 5.88 Å². The number of aryl methyl sites for hydroxylation is 2. The fraction of sp³-hybridized carbons (Fsp3) is 0.357. The molecule has 5 heteroatoms. The molecule has 0 spiro atoms. The van der Waals surface area contributed by atoms with Gasteiger partial charge in [0.25, 0.3) is 0 Å². The zero-order valence-corrected chi connectivity index (χ0v) is 12.8. The van der Waals surface area contributed by atoms with Crippen LogP contribution in [0.4, 0.5) is 5.69 Å². The number of halogens is 1. The molecule has 0 bridgehead atoms. The van der Waals surface area contributed by atoms with Crippen LogP contribution in [0.1, 0.15) is 24.6 Å². The fourth-order valence-electron chi connectivity index (χ4n) is 1.95. The van der Waals surface area contributed by atoms with E-state index < -0.39 is 0 Å². The molecule has 2 N–H and O–H groups in total. The third-order valence-electron chi connectivity index (χ3n) is 2.86. The molecule has 0 aliphatic rings. The van der Waals surface area contributed by atoms with Gasteiger partial charge in [0.2, 0.25) is 5.88 Å². The second-order valence-corrected chi connectivity index (χ2v) is 5.37. The van der Waals surface area contributed by atoms with Gasteiger partial charge in [-0.3, -0.25) is 0 Å². The summed E-state index contributed by atoms with van der Waals surface area (Å²) >= 11 is 3.44. The van der Waals surface area contributed by atoms with Crippen LogP contribution in [-0.2, 0) is 20.1 Å². The number of aromatic nitrogens is 2. The van der Waals surface area contributed by atoms with Gasteiger partial charge in [-0.1, -0.05) is 41.4 Å². The molecule has 0 aliphatic carbocycles. The maximum absolute atomic E-state index is 6.07. The maximum Gasteiger partial charge on any atom is 0.236 e. The normalized spacial score (nSPS) is 10.7. The molecule has 0 fully saturated rings. The first kappa shape index (κ1) is 13.9. The van der Waals surface area contributed by atoms with Crippen LogP contribution in [0.15, 0.2) is 28.7 Å². The highest BCUT2D eigenvalue weighted by Gasteiger charge is 2.13. The first-order chi connectivity index (χ1) is 9.11. The van der Waals surface area contributed by atoms with Crippen LogP contribution in [0, 0.1) is 0 Å². The number of hydrogen-bond acceptors (Lipinski definition) is 3. The minimum atomic E-state index is 0.481. The van der Waals surface area contributed by atoms with E-state index in [0.29, 0.717) is 18.2 Å². The molecule has 4 nitrogen and oxygen atoms in total. The average molecular weight is 324 g/mol. The zero-order valence-electron chi connectivity index (χ0n) is 11.2. The summed E-state index contributed by atoms with van der Waals surface area (Å²) < 4.78 is 8.54. The minimum absolute atomic E-state index is 0.481. The zero-order chi connectivity index (χ0) is 13.8. The van der Waals surface area contributed by atoms with Crippen molar-refractivity contribution in [3.05, 3.63) is 40.0 Å². The topological polar surface area (TPSA) is 53.1 Å². The summed E-state index contributed by atoms with van der Waals surface area (Å²) in [7, 11) is 1.85. The van der Waals surface area contributed by atoms with Crippen LogP contribution in [0.2, 0.25) is 0 Å². The quantitative estimate of drug-likeness (QED) is 0.918. The lowest BCUT2D eigenvalue weighted by Gasteiger charge is -2.07. The predicted octanol–water partition coefficient (Wildman–Crippen LogP) is 3.30. The number of ether oxygens (including phenoxy) is 1. The second kappa shape index (κ2) is 6.10. The predicted molar refractivity (Wildman–Crippen MR) is 80.1 cm³/mol. The molecular formula is C14H18BrN3O. The van der Waals surface area contributed by atoms with E-state index in [9.17, 15) is 0 Å². The summed E-state index contributed by atoms with van der Waals surface area (Å²) in [6.07, 6.45) is 1.90. The number of rotatable bonds is 5. The van der Waals surface area contributed by atoms with E-state index in [1.807, 2.05) is 31.3 Å². The van der Waals surface area contributed by atoms with E-state index in [2.05, 4.69) is 28.0 Å². The van der Waals surface area contributed by atoms with Gasteiger partial charge in [-0.15, -0.1) is 0 Å². The molecule has 0 amide bonds. The Kier molecular flexibility index (Phi) is 4.47. The smallest absolute Gasteiger partial charge is 0.236 e. The van der Waals surface area contributed by atoms with Gasteiger partial charge >= 0.3 is 0 Å². The fourth-order valence-corrected chi connectivity index (χ4v) is 2.40. The van der Waals surface area contributed by atoms with Gasteiger partial charge in [-0.2, -0.15) is 5.10 Å². The van der Waals surface area contributed by atoms with Crippen molar-refractivity contribution in [2.24, 2.45) is 7.05 Å². The number of nitrogens with zero attached hydrogens (tertiary/aromatic N) is 2. The highest BCUT2D eigenvalue weighted by molar-refractivity contribution is 9.10. The summed E-state index contributed by atoms with van der Waals surface area (Å²) in [6.45, 7) is 2.59. The number of anilines is 1. The van der Waals surface area contributed by atoms with Gasteiger partial charge in [0.1, 0.15) is 12.3 Å². The molecule has 19 heavy (non-hydrogen) atoms. The lowest BCUT2D eigenvalue weighted by Crippen LogP contribution is -2.02. The Morgan fingerprint density at radius 2 is 2.21 bits per heavy atom. The molecule has 1 aromatic carbocycles. The van der Waals surface area contributed by atoms with Crippen LogP contribution < -0.4 is 10.5 Å². The van der Waals surface area contributed by atoms with Crippen molar-refractivity contribution in [1.29, 1.82) is 0 Å². The van der Waals surface area contributed by atoms with Crippen molar-refractivity contribution in [3.63, 3.8) is 0 Å². The SMILES string of the molecule is CCCc1nn(C)c(OCc2cccc(Br)c2)c1N. The van der Waals surface area contributed by atoms with Crippen LogP contribution in [-0.4, -0.2) is 9.78 Å². The number of hydrogen-bond donors (Lipinski definition) is 1. The maximum atomic E-state index is 6.07. The Morgan fingerprint density at radius 1 is 1.42 bits per heavy atom. The number of nitrogen functional groups attached to an aromatic ring is 1. The molecule has 2 rings (SSSR count). The molecule has 2 aromatic rings. The summed E-state index contributed by atoms with van der Waals surface area (Å²) in [4.78, 5) is 0. The van der Waals surface area contributed by atoms with Gasteiger partial charge in [0, 0.05) is 11.5 Å². The summed E-state index contributed by atoms with van der Waals surface area (Å²) in [5, 5.41) is 4.39. The van der Waals surface area contributed by atoms with Crippen LogP contribution in [0.3, 0.4) is 0 Å². The van der Waals surface area contributed by atoms with Gasteiger partial charge in [-0.25, -0.2) is 4.68 Å². The van der Waals surface area contributed by atoms with E-state index in [1.54, 1.807) is 4.68 Å². The number of nitrogens with two attached hydrogens (primary N) is 1. The highest BCUT2D eigenvalue weighted by Crippen LogP contribution is 2.26. The molecule has 102 valence electrons. The van der Waals surface area contributed by atoms with Gasteiger partial charge < -0.3 is 10.5 Å². The van der Waals surface area contributed by atoms with Gasteiger partial charge in [0.15, 0.2) is 0 Å². The van der Waals surface area contributed by atoms with Gasteiger partial charge in [0.05, 0.1) is 5.69 Å². The Bertz CT molecular complexity index is 566. The third-order valence-corrected chi connectivity index (χ3v) is 3.35. The van der Waals surface area contributed by atoms with Crippen molar-refractivity contribution < 1.29 is 4.74 Å². The average Bonchev–Trinajstić information content (AvgIpc) is 2.63. The first-order valence-electron chi connectivity index (χ1n) is 6.30. The third kappa shape index (κ3) is 3.29. The highest BCUT2D eigenvalue weighted by atomic mass is 79.9. The van der Waals surface area contributed by atoms with Gasteiger partial charge in [-0.05, 0) is 24.1 Å². The van der Waals surface area contributed by atoms with Crippen molar-refractivity contribution in [2.75, 3.05) is 5.73 Å². The molecule has 0 aliphatic heterocycles. The second-order valence-electron chi connectivity index (χ2n) is 4.46. The molecule has 0 saturated carbocycles. The summed E-state index contributed by atoms with van der Waals surface area (Å²) in [5.41, 5.74) is 8.72. The molecular weight excluding hydrogens is 306 g/mol. The molecule has 0 saturated heterocycles. The van der Waals surface area contributed by atoms with Crippen LogP contribution in [0.25, 0.3) is 0 Å². The molecule has 0 atom stereocenters. The van der Waals surface area contributed by atoms with Crippen molar-refractivity contribution in [1.82, 2.24) is 9.78 Å². The first-order valence-corrected chi connectivity index (χ1v) is 7.09. The van der Waals surface area contributed by atoms with Crippen molar-refractivity contribution in [2.45, 2.75) is 26.4 Å². The van der Waals surface area contributed by atoms with Crippen LogP contribution in [0.5, 0.6) is 5.88 Å². The van der Waals surface area contributed by atoms with E-state index in [-0.39, 0.29) is 0 Å². The molecule has 0 unspecified atom stereocenters. The van der Waals surface area contributed by atoms with E-state index in [0.717, 1.165) is 28.6 Å². The Hall–Kier alpha value is -1.49. The Morgan fingerprint density at radius 3 is 2.89 bits per heavy atom. The van der Waals surface area contributed by atoms with E-state index in [1.165, 1.54) is 0 Å². The molecule has 0 radical (unpaired) electrons. The summed E-state index contributed by atoms with van der Waals surface area (Å²) in [6, 6.07) is 8.02. The minimum Gasteiger partial charge on any atom is -0.471 e. The molecule has 1 heterocycles. The largest absolute Gasteiger partial charge is 0.471 e.